The summed E-state index contributed by atoms with van der Waals surface area (Å²) in [5.74, 6) is 0.207. The van der Waals surface area contributed by atoms with E-state index in [1.807, 2.05) is 6.08 Å². The summed E-state index contributed by atoms with van der Waals surface area (Å²) < 4.78 is 0. The molecule has 1 rings (SSSR count). The largest absolute Gasteiger partial charge is 0.396 e. The molecule has 1 N–H and O–H groups in total. The lowest BCUT2D eigenvalue weighted by atomic mass is 9.75. The van der Waals surface area contributed by atoms with Gasteiger partial charge in [0.2, 0.25) is 0 Å². The molecule has 1 aliphatic rings. The van der Waals surface area contributed by atoms with Crippen LogP contribution in [-0.4, -0.2) is 17.5 Å². The number of carbonyl (C=O) groups excluding carboxylic acids is 1. The summed E-state index contributed by atoms with van der Waals surface area (Å²) in [6.07, 6.45) is 5.09. The lowest BCUT2D eigenvalue weighted by molar-refractivity contribution is -0.120. The number of ketones is 1. The van der Waals surface area contributed by atoms with E-state index >= 15 is 0 Å². The van der Waals surface area contributed by atoms with Crippen LogP contribution in [0.15, 0.2) is 12.2 Å². The minimum Gasteiger partial charge on any atom is -0.396 e. The summed E-state index contributed by atoms with van der Waals surface area (Å²) in [6, 6.07) is 0. The van der Waals surface area contributed by atoms with Crippen molar-refractivity contribution in [2.45, 2.75) is 26.7 Å². The van der Waals surface area contributed by atoms with E-state index in [4.69, 9.17) is 5.11 Å². The monoisotopic (exact) mass is 168 g/mol. The summed E-state index contributed by atoms with van der Waals surface area (Å²) in [6.45, 7) is 4.33. The number of aliphatic hydroxyl groups excluding tert-OH is 1. The summed E-state index contributed by atoms with van der Waals surface area (Å²) in [7, 11) is 0. The first-order valence-electron chi connectivity index (χ1n) is 4.39. The van der Waals surface area contributed by atoms with Crippen molar-refractivity contribution in [3.63, 3.8) is 0 Å². The molecule has 68 valence electrons. The second-order valence-electron chi connectivity index (χ2n) is 4.14. The average molecular weight is 168 g/mol. The van der Waals surface area contributed by atoms with Gasteiger partial charge < -0.3 is 5.11 Å². The van der Waals surface area contributed by atoms with E-state index in [1.54, 1.807) is 6.08 Å². The highest BCUT2D eigenvalue weighted by Gasteiger charge is 2.28. The molecule has 0 bridgehead atoms. The van der Waals surface area contributed by atoms with E-state index in [2.05, 4.69) is 13.8 Å². The maximum atomic E-state index is 11.3. The number of allylic oxidation sites excluding steroid dienone is 2. The topological polar surface area (TPSA) is 37.3 Å². The van der Waals surface area contributed by atoms with Crippen LogP contribution in [0, 0.1) is 11.3 Å². The zero-order chi connectivity index (χ0) is 9.19. The van der Waals surface area contributed by atoms with Crippen LogP contribution in [-0.2, 0) is 4.79 Å². The van der Waals surface area contributed by atoms with Gasteiger partial charge in [-0.25, -0.2) is 0 Å². The Kier molecular flexibility index (Phi) is 2.68. The number of carbonyl (C=O) groups is 1. The average Bonchev–Trinajstić information content (AvgIpc) is 1.97. The smallest absolute Gasteiger partial charge is 0.158 e. The van der Waals surface area contributed by atoms with E-state index in [0.29, 0.717) is 6.42 Å². The Morgan fingerprint density at radius 1 is 1.67 bits per heavy atom. The van der Waals surface area contributed by atoms with Gasteiger partial charge in [-0.3, -0.25) is 4.79 Å². The lowest BCUT2D eigenvalue weighted by Crippen LogP contribution is -2.26. The van der Waals surface area contributed by atoms with Crippen molar-refractivity contribution >= 4 is 5.78 Å². The number of rotatable bonds is 2. The molecule has 0 heterocycles. The van der Waals surface area contributed by atoms with Gasteiger partial charge in [0.1, 0.15) is 0 Å². The van der Waals surface area contributed by atoms with E-state index < -0.39 is 0 Å². The second kappa shape index (κ2) is 3.40. The van der Waals surface area contributed by atoms with Crippen molar-refractivity contribution in [1.29, 1.82) is 0 Å². The quantitative estimate of drug-likeness (QED) is 0.679. The minimum atomic E-state index is 0.0370. The van der Waals surface area contributed by atoms with Crippen LogP contribution in [0.4, 0.5) is 0 Å². The Balaban J connectivity index is 2.67. The van der Waals surface area contributed by atoms with Crippen molar-refractivity contribution < 1.29 is 9.90 Å². The number of aliphatic hydroxyl groups is 1. The molecule has 0 aliphatic heterocycles. The predicted molar refractivity (Wildman–Crippen MR) is 47.7 cm³/mol. The van der Waals surface area contributed by atoms with Crippen molar-refractivity contribution in [2.75, 3.05) is 6.61 Å². The van der Waals surface area contributed by atoms with Crippen molar-refractivity contribution in [3.8, 4) is 0 Å². The van der Waals surface area contributed by atoms with E-state index in [1.165, 1.54) is 0 Å². The Hall–Kier alpha value is -0.630. The van der Waals surface area contributed by atoms with Gasteiger partial charge in [0, 0.05) is 12.5 Å². The highest BCUT2D eigenvalue weighted by Crippen LogP contribution is 2.33. The molecular weight excluding hydrogens is 152 g/mol. The molecule has 0 aromatic heterocycles. The van der Waals surface area contributed by atoms with Crippen molar-refractivity contribution in [3.05, 3.63) is 12.2 Å². The molecule has 0 radical (unpaired) electrons. The van der Waals surface area contributed by atoms with Crippen LogP contribution in [0.1, 0.15) is 26.7 Å². The molecule has 0 aromatic rings. The first-order valence-corrected chi connectivity index (χ1v) is 4.39. The van der Waals surface area contributed by atoms with Crippen molar-refractivity contribution in [1.82, 2.24) is 0 Å². The van der Waals surface area contributed by atoms with Gasteiger partial charge in [0.25, 0.3) is 0 Å². The van der Waals surface area contributed by atoms with Crippen LogP contribution < -0.4 is 0 Å². The molecule has 0 aromatic carbocycles. The SMILES string of the molecule is CC1(C)C=CC(=O)C(CCO)C1. The van der Waals surface area contributed by atoms with Gasteiger partial charge in [-0.1, -0.05) is 19.9 Å². The lowest BCUT2D eigenvalue weighted by Gasteiger charge is -2.29. The van der Waals surface area contributed by atoms with Gasteiger partial charge in [-0.15, -0.1) is 0 Å². The highest BCUT2D eigenvalue weighted by molar-refractivity contribution is 5.92. The molecule has 2 nitrogen and oxygen atoms in total. The first-order chi connectivity index (χ1) is 5.55. The molecule has 0 fully saturated rings. The first kappa shape index (κ1) is 9.46. The molecule has 0 saturated carbocycles. The molecule has 1 aliphatic carbocycles. The number of hydrogen-bond acceptors (Lipinski definition) is 2. The third-order valence-corrected chi connectivity index (χ3v) is 2.35. The third kappa shape index (κ3) is 2.18. The molecule has 12 heavy (non-hydrogen) atoms. The van der Waals surface area contributed by atoms with Gasteiger partial charge in [-0.05, 0) is 24.3 Å². The Morgan fingerprint density at radius 3 is 2.92 bits per heavy atom. The molecule has 1 atom stereocenters. The van der Waals surface area contributed by atoms with Crippen LogP contribution in [0.3, 0.4) is 0 Å². The molecule has 0 saturated heterocycles. The van der Waals surface area contributed by atoms with Crippen molar-refractivity contribution in [2.24, 2.45) is 11.3 Å². The second-order valence-corrected chi connectivity index (χ2v) is 4.14. The molecule has 0 spiro atoms. The van der Waals surface area contributed by atoms with Gasteiger partial charge in [-0.2, -0.15) is 0 Å². The van der Waals surface area contributed by atoms with Gasteiger partial charge >= 0.3 is 0 Å². The van der Waals surface area contributed by atoms with E-state index in [0.717, 1.165) is 6.42 Å². The van der Waals surface area contributed by atoms with Crippen LogP contribution >= 0.6 is 0 Å². The Morgan fingerprint density at radius 2 is 2.33 bits per heavy atom. The fourth-order valence-corrected chi connectivity index (χ4v) is 1.65. The third-order valence-electron chi connectivity index (χ3n) is 2.35. The summed E-state index contributed by atoms with van der Waals surface area (Å²) >= 11 is 0. The normalized spacial score (nSPS) is 27.6. The Labute approximate surface area is 73.3 Å². The Bertz CT molecular complexity index is 204. The summed E-state index contributed by atoms with van der Waals surface area (Å²) in [5, 5.41) is 8.73. The summed E-state index contributed by atoms with van der Waals surface area (Å²) in [4.78, 5) is 11.3. The van der Waals surface area contributed by atoms with E-state index in [9.17, 15) is 4.79 Å². The van der Waals surface area contributed by atoms with Gasteiger partial charge in [0.05, 0.1) is 0 Å². The maximum Gasteiger partial charge on any atom is 0.158 e. The zero-order valence-corrected chi connectivity index (χ0v) is 7.71. The van der Waals surface area contributed by atoms with Gasteiger partial charge in [0.15, 0.2) is 5.78 Å². The fraction of sp³-hybridized carbons (Fsp3) is 0.700. The molecule has 2 heteroatoms. The standard InChI is InChI=1S/C10H16O2/c1-10(2)5-3-9(12)8(7-10)4-6-11/h3,5,8,11H,4,6-7H2,1-2H3. The molecule has 0 amide bonds. The minimum absolute atomic E-state index is 0.0370. The van der Waals surface area contributed by atoms with Crippen LogP contribution in [0.2, 0.25) is 0 Å². The molecule has 1 unspecified atom stereocenters. The van der Waals surface area contributed by atoms with E-state index in [-0.39, 0.29) is 23.7 Å². The zero-order valence-electron chi connectivity index (χ0n) is 7.71. The maximum absolute atomic E-state index is 11.3. The fourth-order valence-electron chi connectivity index (χ4n) is 1.65. The number of hydrogen-bond donors (Lipinski definition) is 1. The highest BCUT2D eigenvalue weighted by atomic mass is 16.3. The predicted octanol–water partition coefficient (Wildman–Crippen LogP) is 1.54. The summed E-state index contributed by atoms with van der Waals surface area (Å²) in [5.41, 5.74) is 0.119. The molecular formula is C10H16O2. The van der Waals surface area contributed by atoms with Crippen LogP contribution in [0.25, 0.3) is 0 Å². The van der Waals surface area contributed by atoms with Crippen LogP contribution in [0.5, 0.6) is 0 Å².